The molecular formula is C32H36F4N2O. The maximum atomic E-state index is 13.9. The van der Waals surface area contributed by atoms with Crippen LogP contribution < -0.4 is 5.32 Å². The Balaban J connectivity index is 1.14. The third-order valence-electron chi connectivity index (χ3n) is 9.92. The standard InChI is InChI=1S/C32H36F4N2O/c1-21-20-38(13-12-31(21)11-8-24-4-2-3-5-28(24)31)27-9-10-30(18-27,17-22-6-7-22)29(39)37-19-23-14-25(32(34,35)36)16-26(33)15-23/h2-5,8,11,14-16,21-22,27H,6-7,9-10,12-13,17-20H2,1H3,(H,37,39)/t21-,27?,30?,31+/m0/s1. The Labute approximate surface area is 227 Å². The predicted molar refractivity (Wildman–Crippen MR) is 143 cm³/mol. The molecule has 1 amide bonds. The second kappa shape index (κ2) is 9.76. The molecule has 4 aliphatic rings. The number of carbonyl (C=O) groups excluding carboxylic acids is 1. The van der Waals surface area contributed by atoms with E-state index in [-0.39, 0.29) is 23.4 Å². The zero-order valence-electron chi connectivity index (χ0n) is 22.4. The lowest BCUT2D eigenvalue weighted by Gasteiger charge is -2.46. The van der Waals surface area contributed by atoms with E-state index in [0.717, 1.165) is 70.2 Å². The van der Waals surface area contributed by atoms with E-state index in [9.17, 15) is 22.4 Å². The van der Waals surface area contributed by atoms with Gasteiger partial charge in [0.25, 0.3) is 0 Å². The van der Waals surface area contributed by atoms with E-state index >= 15 is 0 Å². The largest absolute Gasteiger partial charge is 0.416 e. The number of amides is 1. The summed E-state index contributed by atoms with van der Waals surface area (Å²) in [5.74, 6) is -0.0401. The number of nitrogens with zero attached hydrogens (tertiary/aromatic N) is 1. The maximum absolute atomic E-state index is 13.9. The first-order valence-corrected chi connectivity index (χ1v) is 14.3. The van der Waals surface area contributed by atoms with Crippen LogP contribution in [0.2, 0.25) is 0 Å². The average molecular weight is 541 g/mol. The van der Waals surface area contributed by atoms with Crippen molar-refractivity contribution in [1.29, 1.82) is 0 Å². The number of likely N-dealkylation sites (tertiary alicyclic amines) is 1. The minimum absolute atomic E-state index is 0.0778. The molecule has 2 aromatic rings. The molecule has 2 saturated carbocycles. The van der Waals surface area contributed by atoms with Crippen LogP contribution in [-0.2, 0) is 22.9 Å². The van der Waals surface area contributed by atoms with Crippen molar-refractivity contribution in [2.24, 2.45) is 17.3 Å². The number of hydrogen-bond donors (Lipinski definition) is 1. The zero-order valence-corrected chi connectivity index (χ0v) is 22.4. The van der Waals surface area contributed by atoms with Gasteiger partial charge >= 0.3 is 6.18 Å². The first kappa shape index (κ1) is 26.5. The number of allylic oxidation sites excluding steroid dienone is 1. The van der Waals surface area contributed by atoms with Crippen molar-refractivity contribution in [2.75, 3.05) is 13.1 Å². The van der Waals surface area contributed by atoms with Gasteiger partial charge in [-0.05, 0) is 85.4 Å². The fourth-order valence-corrected chi connectivity index (χ4v) is 7.61. The smallest absolute Gasteiger partial charge is 0.352 e. The summed E-state index contributed by atoms with van der Waals surface area (Å²) in [6.07, 6.45) is 6.69. The molecule has 3 fully saturated rings. The molecule has 1 N–H and O–H groups in total. The highest BCUT2D eigenvalue weighted by Gasteiger charge is 2.51. The lowest BCUT2D eigenvalue weighted by Crippen LogP contribution is -2.51. The molecule has 1 spiro atoms. The van der Waals surface area contributed by atoms with Crippen molar-refractivity contribution in [2.45, 2.75) is 76.0 Å². The van der Waals surface area contributed by atoms with Crippen molar-refractivity contribution in [3.05, 3.63) is 76.6 Å². The summed E-state index contributed by atoms with van der Waals surface area (Å²) < 4.78 is 53.4. The van der Waals surface area contributed by atoms with Crippen LogP contribution in [0.1, 0.15) is 74.1 Å². The van der Waals surface area contributed by atoms with Gasteiger partial charge in [0, 0.05) is 24.5 Å². The Morgan fingerprint density at radius 1 is 1.10 bits per heavy atom. The third kappa shape index (κ3) is 5.03. The quantitative estimate of drug-likeness (QED) is 0.396. The van der Waals surface area contributed by atoms with Crippen LogP contribution >= 0.6 is 0 Å². The van der Waals surface area contributed by atoms with Crippen LogP contribution in [0.3, 0.4) is 0 Å². The molecular weight excluding hydrogens is 504 g/mol. The summed E-state index contributed by atoms with van der Waals surface area (Å²) in [5.41, 5.74) is 1.42. The van der Waals surface area contributed by atoms with E-state index in [2.05, 4.69) is 53.6 Å². The Bertz CT molecular complexity index is 1290. The number of rotatable bonds is 6. The maximum Gasteiger partial charge on any atom is 0.416 e. The number of alkyl halides is 3. The van der Waals surface area contributed by atoms with Gasteiger partial charge in [0.05, 0.1) is 11.0 Å². The van der Waals surface area contributed by atoms with Crippen molar-refractivity contribution in [3.63, 3.8) is 0 Å². The molecule has 2 unspecified atom stereocenters. The topological polar surface area (TPSA) is 32.3 Å². The van der Waals surface area contributed by atoms with Crippen molar-refractivity contribution in [1.82, 2.24) is 10.2 Å². The lowest BCUT2D eigenvalue weighted by molar-refractivity contribution is -0.137. The summed E-state index contributed by atoms with van der Waals surface area (Å²) in [4.78, 5) is 16.2. The molecule has 2 aromatic carbocycles. The van der Waals surface area contributed by atoms with Crippen LogP contribution in [-0.4, -0.2) is 29.9 Å². The van der Waals surface area contributed by atoms with E-state index in [1.54, 1.807) is 0 Å². The molecule has 0 aromatic heterocycles. The van der Waals surface area contributed by atoms with Crippen LogP contribution in [0.5, 0.6) is 0 Å². The molecule has 1 aliphatic heterocycles. The predicted octanol–water partition coefficient (Wildman–Crippen LogP) is 7.11. The van der Waals surface area contributed by atoms with Crippen LogP contribution in [0.4, 0.5) is 17.6 Å². The average Bonchev–Trinajstić information content (AvgIpc) is 3.48. The molecule has 3 aliphatic carbocycles. The summed E-state index contributed by atoms with van der Waals surface area (Å²) in [6.45, 7) is 4.20. The van der Waals surface area contributed by atoms with E-state index in [4.69, 9.17) is 0 Å². The SMILES string of the molecule is C[C@H]1CN(C2CCC(CC3CC3)(C(=O)NCc3cc(F)cc(C(F)(F)F)c3)C2)CC[C@]12C=Cc1ccccc12. The van der Waals surface area contributed by atoms with Crippen molar-refractivity contribution < 1.29 is 22.4 Å². The van der Waals surface area contributed by atoms with Gasteiger partial charge in [-0.25, -0.2) is 4.39 Å². The summed E-state index contributed by atoms with van der Waals surface area (Å²) in [7, 11) is 0. The molecule has 7 heteroatoms. The molecule has 39 heavy (non-hydrogen) atoms. The number of hydrogen-bond acceptors (Lipinski definition) is 2. The summed E-state index contributed by atoms with van der Waals surface area (Å²) in [6, 6.07) is 11.5. The van der Waals surface area contributed by atoms with Gasteiger partial charge in [0.2, 0.25) is 5.91 Å². The molecule has 0 radical (unpaired) electrons. The normalized spacial score (nSPS) is 30.6. The van der Waals surface area contributed by atoms with Crippen LogP contribution in [0.25, 0.3) is 6.08 Å². The van der Waals surface area contributed by atoms with E-state index < -0.39 is 23.0 Å². The highest BCUT2D eigenvalue weighted by atomic mass is 19.4. The van der Waals surface area contributed by atoms with Gasteiger partial charge in [-0.15, -0.1) is 0 Å². The number of halogens is 4. The van der Waals surface area contributed by atoms with Gasteiger partial charge in [-0.3, -0.25) is 9.69 Å². The monoisotopic (exact) mass is 540 g/mol. The lowest BCUT2D eigenvalue weighted by atomic mass is 9.67. The first-order chi connectivity index (χ1) is 18.6. The Hall–Kier alpha value is -2.67. The summed E-state index contributed by atoms with van der Waals surface area (Å²) in [5, 5.41) is 2.90. The number of piperidine rings is 1. The van der Waals surface area contributed by atoms with Gasteiger partial charge in [-0.1, -0.05) is 56.2 Å². The van der Waals surface area contributed by atoms with Crippen LogP contribution in [0, 0.1) is 23.1 Å². The molecule has 4 atom stereocenters. The van der Waals surface area contributed by atoms with Gasteiger partial charge in [0.1, 0.15) is 5.82 Å². The Kier molecular flexibility index (Phi) is 6.64. The molecule has 3 nitrogen and oxygen atoms in total. The minimum atomic E-state index is -4.63. The highest BCUT2D eigenvalue weighted by molar-refractivity contribution is 5.83. The molecule has 0 bridgehead atoms. The van der Waals surface area contributed by atoms with Crippen LogP contribution in [0.15, 0.2) is 48.5 Å². The highest BCUT2D eigenvalue weighted by Crippen LogP contribution is 2.52. The van der Waals surface area contributed by atoms with Gasteiger partial charge < -0.3 is 5.32 Å². The van der Waals surface area contributed by atoms with E-state index in [1.165, 1.54) is 11.1 Å². The second-order valence-corrected chi connectivity index (χ2v) is 12.5. The molecule has 208 valence electrons. The fraction of sp³-hybridized carbons (Fsp3) is 0.531. The molecule has 1 saturated heterocycles. The second-order valence-electron chi connectivity index (χ2n) is 12.5. The fourth-order valence-electron chi connectivity index (χ4n) is 7.61. The zero-order chi connectivity index (χ0) is 27.4. The number of nitrogens with one attached hydrogen (secondary N) is 1. The third-order valence-corrected chi connectivity index (χ3v) is 9.92. The van der Waals surface area contributed by atoms with Crippen molar-refractivity contribution in [3.8, 4) is 0 Å². The number of carbonyl (C=O) groups is 1. The van der Waals surface area contributed by atoms with E-state index in [1.807, 2.05) is 0 Å². The van der Waals surface area contributed by atoms with Gasteiger partial charge in [-0.2, -0.15) is 13.2 Å². The van der Waals surface area contributed by atoms with Crippen molar-refractivity contribution >= 4 is 12.0 Å². The number of benzene rings is 2. The van der Waals surface area contributed by atoms with E-state index in [0.29, 0.717) is 23.9 Å². The molecule has 6 rings (SSSR count). The molecule has 1 heterocycles. The minimum Gasteiger partial charge on any atom is -0.352 e. The first-order valence-electron chi connectivity index (χ1n) is 14.3. The Morgan fingerprint density at radius 3 is 2.64 bits per heavy atom. The van der Waals surface area contributed by atoms with Gasteiger partial charge in [0.15, 0.2) is 0 Å². The summed E-state index contributed by atoms with van der Waals surface area (Å²) >= 11 is 0. The number of fused-ring (bicyclic) bond motifs is 2. The Morgan fingerprint density at radius 2 is 1.90 bits per heavy atom.